The van der Waals surface area contributed by atoms with Crippen molar-refractivity contribution in [2.75, 3.05) is 6.61 Å². The number of aliphatic hydroxyl groups excluding tert-OH is 1. The molecule has 0 aliphatic carbocycles. The summed E-state index contributed by atoms with van der Waals surface area (Å²) >= 11 is 0. The molecule has 0 aromatic carbocycles. The van der Waals surface area contributed by atoms with Crippen LogP contribution < -0.4 is 0 Å². The van der Waals surface area contributed by atoms with Gasteiger partial charge in [-0.3, -0.25) is 14.4 Å². The summed E-state index contributed by atoms with van der Waals surface area (Å²) in [5, 5.41) is 9.74. The summed E-state index contributed by atoms with van der Waals surface area (Å²) < 4.78 is 27.9. The van der Waals surface area contributed by atoms with E-state index in [1.807, 2.05) is 13.1 Å². The van der Waals surface area contributed by atoms with Gasteiger partial charge in [-0.15, -0.1) is 0 Å². The molecule has 0 amide bonds. The highest BCUT2D eigenvalue weighted by atomic mass is 28.4. The Labute approximate surface area is 166 Å². The average molecular weight is 421 g/mol. The number of esters is 3. The van der Waals surface area contributed by atoms with Crippen LogP contribution in [0.5, 0.6) is 0 Å². The van der Waals surface area contributed by atoms with Crippen molar-refractivity contribution in [1.82, 2.24) is 0 Å². The molecule has 1 saturated heterocycles. The van der Waals surface area contributed by atoms with Crippen molar-refractivity contribution < 1.29 is 42.9 Å². The summed E-state index contributed by atoms with van der Waals surface area (Å²) in [6.45, 7) is 9.16. The fourth-order valence-electron chi connectivity index (χ4n) is 3.07. The highest BCUT2D eigenvalue weighted by Crippen LogP contribution is 2.32. The van der Waals surface area contributed by atoms with E-state index in [4.69, 9.17) is 23.4 Å². The maximum atomic E-state index is 11.7. The molecule has 1 fully saturated rings. The minimum Gasteiger partial charge on any atom is -0.456 e. The third kappa shape index (κ3) is 7.49. The molecule has 0 radical (unpaired) electrons. The minimum atomic E-state index is -2.22. The first kappa shape index (κ1) is 24.5. The van der Waals surface area contributed by atoms with Gasteiger partial charge in [0.25, 0.3) is 0 Å². The normalized spacial score (nSPS) is 27.8. The molecule has 0 spiro atoms. The molecule has 0 bridgehead atoms. The zero-order valence-corrected chi connectivity index (χ0v) is 18.4. The van der Waals surface area contributed by atoms with E-state index in [1.165, 1.54) is 20.8 Å². The maximum absolute atomic E-state index is 11.7. The van der Waals surface area contributed by atoms with E-state index in [0.717, 1.165) is 18.9 Å². The largest absolute Gasteiger partial charge is 0.456 e. The monoisotopic (exact) mass is 420 g/mol. The summed E-state index contributed by atoms with van der Waals surface area (Å²) in [6.07, 6.45) is -3.54. The molecule has 1 rings (SSSR count). The predicted octanol–water partition coefficient (Wildman–Crippen LogP) is 1.52. The number of ether oxygens (including phenoxy) is 4. The Morgan fingerprint density at radius 2 is 1.43 bits per heavy atom. The van der Waals surface area contributed by atoms with Gasteiger partial charge in [-0.2, -0.15) is 0 Å². The summed E-state index contributed by atoms with van der Waals surface area (Å²) in [5.74, 6) is -1.93. The maximum Gasteiger partial charge on any atom is 0.303 e. The molecule has 0 aromatic rings. The van der Waals surface area contributed by atoms with Gasteiger partial charge in [0.15, 0.2) is 32.9 Å². The Bertz CT molecular complexity index is 551. The smallest absolute Gasteiger partial charge is 0.303 e. The highest BCUT2D eigenvalue weighted by molar-refractivity contribution is 6.71. The topological polar surface area (TPSA) is 118 Å². The van der Waals surface area contributed by atoms with Crippen LogP contribution in [-0.4, -0.2) is 68.6 Å². The number of aliphatic hydroxyl groups is 1. The van der Waals surface area contributed by atoms with Crippen molar-refractivity contribution in [1.29, 1.82) is 0 Å². The van der Waals surface area contributed by atoms with Crippen molar-refractivity contribution in [3.8, 4) is 0 Å². The number of unbranched alkanes of at least 4 members (excludes halogenated alkanes) is 1. The molecule has 1 N–H and O–H groups in total. The predicted molar refractivity (Wildman–Crippen MR) is 101 cm³/mol. The van der Waals surface area contributed by atoms with E-state index in [1.54, 1.807) is 0 Å². The van der Waals surface area contributed by atoms with Crippen molar-refractivity contribution >= 4 is 26.2 Å². The lowest BCUT2D eigenvalue weighted by atomic mass is 9.98. The zero-order chi connectivity index (χ0) is 21.5. The van der Waals surface area contributed by atoms with Crippen LogP contribution in [0.3, 0.4) is 0 Å². The molecule has 162 valence electrons. The van der Waals surface area contributed by atoms with Gasteiger partial charge in [0.2, 0.25) is 0 Å². The van der Waals surface area contributed by atoms with Crippen LogP contribution in [0, 0.1) is 0 Å². The number of hydrogen-bond acceptors (Lipinski definition) is 9. The van der Waals surface area contributed by atoms with E-state index < -0.39 is 63.5 Å². The Hall–Kier alpha value is -1.49. The molecule has 0 aromatic heterocycles. The van der Waals surface area contributed by atoms with Crippen LogP contribution in [-0.2, 0) is 37.8 Å². The minimum absolute atomic E-state index is 0.501. The van der Waals surface area contributed by atoms with Crippen LogP contribution in [0.4, 0.5) is 0 Å². The van der Waals surface area contributed by atoms with Crippen LogP contribution in [0.25, 0.3) is 0 Å². The molecule has 5 atom stereocenters. The molecule has 10 heteroatoms. The van der Waals surface area contributed by atoms with E-state index in [0.29, 0.717) is 0 Å². The Balaban J connectivity index is 3.23. The first-order valence-electron chi connectivity index (χ1n) is 9.46. The fourth-order valence-corrected chi connectivity index (χ4v) is 5.21. The summed E-state index contributed by atoms with van der Waals surface area (Å²) in [7, 11) is -2.22. The van der Waals surface area contributed by atoms with Crippen molar-refractivity contribution in [3.05, 3.63) is 0 Å². The second-order valence-corrected chi connectivity index (χ2v) is 11.7. The zero-order valence-electron chi connectivity index (χ0n) is 17.4. The van der Waals surface area contributed by atoms with Gasteiger partial charge in [-0.05, 0) is 19.1 Å². The third-order valence-corrected chi connectivity index (χ3v) is 6.67. The summed E-state index contributed by atoms with van der Waals surface area (Å²) in [4.78, 5) is 34.9. The fraction of sp³-hybridized carbons (Fsp3) is 0.833. The average Bonchev–Trinajstić information content (AvgIpc) is 2.56. The second-order valence-electron chi connectivity index (χ2n) is 7.43. The van der Waals surface area contributed by atoms with Crippen molar-refractivity contribution in [3.63, 3.8) is 0 Å². The van der Waals surface area contributed by atoms with E-state index >= 15 is 0 Å². The van der Waals surface area contributed by atoms with Gasteiger partial charge in [-0.1, -0.05) is 19.8 Å². The number of carbonyl (C=O) groups is 3. The van der Waals surface area contributed by atoms with E-state index in [2.05, 4.69) is 6.92 Å². The Morgan fingerprint density at radius 1 is 0.929 bits per heavy atom. The molecule has 0 saturated carbocycles. The van der Waals surface area contributed by atoms with Gasteiger partial charge in [0.1, 0.15) is 6.10 Å². The number of rotatable bonds is 9. The first-order chi connectivity index (χ1) is 13.0. The molecule has 28 heavy (non-hydrogen) atoms. The molecule has 1 aliphatic heterocycles. The van der Waals surface area contributed by atoms with Crippen LogP contribution in [0.15, 0.2) is 0 Å². The molecular weight excluding hydrogens is 388 g/mol. The van der Waals surface area contributed by atoms with Gasteiger partial charge < -0.3 is 28.5 Å². The van der Waals surface area contributed by atoms with Crippen LogP contribution in [0.1, 0.15) is 40.5 Å². The lowest BCUT2D eigenvalue weighted by Crippen LogP contribution is -2.64. The lowest BCUT2D eigenvalue weighted by Gasteiger charge is -2.45. The molecule has 1 heterocycles. The first-order valence-corrected chi connectivity index (χ1v) is 12.6. The number of carbonyl (C=O) groups excluding carboxylic acids is 3. The SMILES string of the molecule is CCCC[Si](C)(C)O[C@H]1O[C@H](CO)[C@@H](OC(C)=O)[C@H](OC(C)=O)[C@H]1OC(C)=O. The Morgan fingerprint density at radius 3 is 1.89 bits per heavy atom. The quantitative estimate of drug-likeness (QED) is 0.336. The Kier molecular flexibility index (Phi) is 9.55. The molecular formula is C18H32O9Si. The molecule has 9 nitrogen and oxygen atoms in total. The van der Waals surface area contributed by atoms with Gasteiger partial charge in [0.05, 0.1) is 6.61 Å². The standard InChI is InChI=1S/C18H32O9Si/c1-7-8-9-28(5,6)27-18-17(25-13(4)22)16(24-12(3)21)15(23-11(2)20)14(10-19)26-18/h14-19H,7-10H2,1-6H3/t14-,15-,16+,17-,18-/m1/s1. The van der Waals surface area contributed by atoms with Gasteiger partial charge in [0, 0.05) is 20.8 Å². The second kappa shape index (κ2) is 10.9. The highest BCUT2D eigenvalue weighted by Gasteiger charge is 2.53. The van der Waals surface area contributed by atoms with Crippen molar-refractivity contribution in [2.45, 2.75) is 90.4 Å². The van der Waals surface area contributed by atoms with E-state index in [-0.39, 0.29) is 0 Å². The van der Waals surface area contributed by atoms with Crippen molar-refractivity contribution in [2.24, 2.45) is 0 Å². The molecule has 1 aliphatic rings. The molecule has 0 unspecified atom stereocenters. The van der Waals surface area contributed by atoms with E-state index in [9.17, 15) is 19.5 Å². The third-order valence-electron chi connectivity index (χ3n) is 4.24. The summed E-state index contributed by atoms with van der Waals surface area (Å²) in [6, 6.07) is 0.853. The van der Waals surface area contributed by atoms with Gasteiger partial charge >= 0.3 is 17.9 Å². The van der Waals surface area contributed by atoms with Crippen LogP contribution >= 0.6 is 0 Å². The summed E-state index contributed by atoms with van der Waals surface area (Å²) in [5.41, 5.74) is 0. The van der Waals surface area contributed by atoms with Crippen LogP contribution in [0.2, 0.25) is 19.1 Å². The van der Waals surface area contributed by atoms with Gasteiger partial charge in [-0.25, -0.2) is 0 Å². The number of hydrogen-bond donors (Lipinski definition) is 1. The lowest BCUT2D eigenvalue weighted by molar-refractivity contribution is -0.290.